The lowest BCUT2D eigenvalue weighted by molar-refractivity contribution is -0.154. The highest BCUT2D eigenvalue weighted by atomic mass is 19.4. The minimum atomic E-state index is -4.42. The first-order valence-corrected chi connectivity index (χ1v) is 7.15. The minimum Gasteiger partial charge on any atom is -0.468 e. The molecule has 0 saturated carbocycles. The molecule has 2 atom stereocenters. The molecule has 2 aliphatic rings. The van der Waals surface area contributed by atoms with Crippen molar-refractivity contribution in [3.63, 3.8) is 0 Å². The van der Waals surface area contributed by atoms with Crippen LogP contribution in [0, 0.1) is 5.92 Å². The van der Waals surface area contributed by atoms with Crippen molar-refractivity contribution in [2.45, 2.75) is 18.9 Å². The predicted octanol–water partition coefficient (Wildman–Crippen LogP) is -0.352. The number of hydrazine groups is 1. The van der Waals surface area contributed by atoms with Gasteiger partial charge in [0, 0.05) is 18.8 Å². The molecule has 0 spiro atoms. The number of halogens is 3. The molecule has 2 fully saturated rings. The number of nitrogens with zero attached hydrogens (tertiary/aromatic N) is 2. The van der Waals surface area contributed by atoms with Crippen LogP contribution in [0.4, 0.5) is 13.2 Å². The Bertz CT molecular complexity index is 651. The topological polar surface area (TPSA) is 99.7 Å². The number of amides is 1. The van der Waals surface area contributed by atoms with E-state index in [0.29, 0.717) is 18.1 Å². The molecule has 130 valence electrons. The van der Waals surface area contributed by atoms with Crippen molar-refractivity contribution in [3.05, 3.63) is 23.9 Å². The van der Waals surface area contributed by atoms with Crippen molar-refractivity contribution in [1.82, 2.24) is 26.5 Å². The number of carbonyl (C=O) groups excluding carboxylic acids is 1. The second-order valence-corrected chi connectivity index (χ2v) is 5.31. The van der Waals surface area contributed by atoms with Crippen LogP contribution in [0.1, 0.15) is 5.56 Å². The molecule has 0 bridgehead atoms. The van der Waals surface area contributed by atoms with Crippen LogP contribution in [0.5, 0.6) is 5.88 Å². The van der Waals surface area contributed by atoms with Crippen LogP contribution < -0.4 is 26.2 Å². The van der Waals surface area contributed by atoms with E-state index in [4.69, 9.17) is 0 Å². The Labute approximate surface area is 134 Å². The molecule has 0 aromatic carbocycles. The average Bonchev–Trinajstić information content (AvgIpc) is 3.00. The molecule has 2 saturated heterocycles. The van der Waals surface area contributed by atoms with E-state index in [1.165, 1.54) is 12.3 Å². The molecule has 1 aromatic rings. The zero-order valence-electron chi connectivity index (χ0n) is 12.4. The quantitative estimate of drug-likeness (QED) is 0.596. The molecule has 2 unspecified atom stereocenters. The molecule has 2 aliphatic heterocycles. The number of aromatic nitrogens is 1. The Morgan fingerprint density at radius 1 is 1.42 bits per heavy atom. The molecular weight excluding hydrogens is 329 g/mol. The standard InChI is InChI=1S/C13H15F3N6O2/c14-13(15,16)6-24-9-3-7(1-2-17-9)4-18-12-20-10-8(5-19-22-10)11(23)21-12/h1-3,8,10,19,22H,4-6H2,(H2,18,20,21,23). The number of pyridine rings is 1. The van der Waals surface area contributed by atoms with Crippen LogP contribution in [-0.2, 0) is 11.3 Å². The summed E-state index contributed by atoms with van der Waals surface area (Å²) >= 11 is 0. The number of guanidine groups is 1. The number of fused-ring (bicyclic) bond motifs is 1. The van der Waals surface area contributed by atoms with Gasteiger partial charge in [0.2, 0.25) is 11.8 Å². The third-order valence-electron chi connectivity index (χ3n) is 3.46. The summed E-state index contributed by atoms with van der Waals surface area (Å²) in [5, 5.41) is 5.67. The van der Waals surface area contributed by atoms with Gasteiger partial charge in [0.05, 0.1) is 12.5 Å². The summed E-state index contributed by atoms with van der Waals surface area (Å²) < 4.78 is 41.0. The van der Waals surface area contributed by atoms with E-state index < -0.39 is 12.8 Å². The third-order valence-corrected chi connectivity index (χ3v) is 3.46. The molecule has 0 aliphatic carbocycles. The summed E-state index contributed by atoms with van der Waals surface area (Å²) in [5.74, 6) is -0.217. The Morgan fingerprint density at radius 3 is 3.04 bits per heavy atom. The first-order chi connectivity index (χ1) is 11.4. The van der Waals surface area contributed by atoms with Crippen LogP contribution in [0.3, 0.4) is 0 Å². The van der Waals surface area contributed by atoms with Crippen LogP contribution >= 0.6 is 0 Å². The lowest BCUT2D eigenvalue weighted by Crippen LogP contribution is -2.61. The molecular formula is C13H15F3N6O2. The molecule has 4 N–H and O–H groups in total. The maximum Gasteiger partial charge on any atom is 0.422 e. The van der Waals surface area contributed by atoms with Crippen molar-refractivity contribution in [1.29, 1.82) is 0 Å². The van der Waals surface area contributed by atoms with Gasteiger partial charge >= 0.3 is 6.18 Å². The van der Waals surface area contributed by atoms with E-state index in [-0.39, 0.29) is 30.4 Å². The van der Waals surface area contributed by atoms with E-state index in [0.717, 1.165) is 0 Å². The monoisotopic (exact) mass is 344 g/mol. The van der Waals surface area contributed by atoms with Gasteiger partial charge in [-0.25, -0.2) is 15.4 Å². The van der Waals surface area contributed by atoms with Crippen LogP contribution in [0.25, 0.3) is 0 Å². The Morgan fingerprint density at radius 2 is 2.25 bits per heavy atom. The normalized spacial score (nSPS) is 25.1. The predicted molar refractivity (Wildman–Crippen MR) is 76.6 cm³/mol. The SMILES string of the molecule is O=C1NC(=NCc2ccnc(OCC(F)(F)F)c2)NC2NNCC12. The smallest absolute Gasteiger partial charge is 0.422 e. The van der Waals surface area contributed by atoms with Gasteiger partial charge in [-0.05, 0) is 11.6 Å². The maximum absolute atomic E-state index is 12.1. The van der Waals surface area contributed by atoms with Gasteiger partial charge in [0.25, 0.3) is 0 Å². The van der Waals surface area contributed by atoms with Gasteiger partial charge < -0.3 is 10.1 Å². The molecule has 0 radical (unpaired) electrons. The van der Waals surface area contributed by atoms with Gasteiger partial charge in [-0.1, -0.05) is 0 Å². The van der Waals surface area contributed by atoms with Crippen molar-refractivity contribution in [2.75, 3.05) is 13.2 Å². The van der Waals surface area contributed by atoms with Gasteiger partial charge in [-0.3, -0.25) is 15.5 Å². The lowest BCUT2D eigenvalue weighted by Gasteiger charge is -2.27. The van der Waals surface area contributed by atoms with Gasteiger partial charge in [-0.15, -0.1) is 0 Å². The highest BCUT2D eigenvalue weighted by Gasteiger charge is 2.37. The number of hydrogen-bond acceptors (Lipinski definition) is 6. The summed E-state index contributed by atoms with van der Waals surface area (Å²) in [6.07, 6.45) is -3.33. The Kier molecular flexibility index (Phi) is 4.53. The average molecular weight is 344 g/mol. The summed E-state index contributed by atoms with van der Waals surface area (Å²) in [6, 6.07) is 2.98. The molecule has 3 heterocycles. The van der Waals surface area contributed by atoms with E-state index in [1.54, 1.807) is 6.07 Å². The van der Waals surface area contributed by atoms with Crippen molar-refractivity contribution in [3.8, 4) is 5.88 Å². The Balaban J connectivity index is 1.61. The number of nitrogens with one attached hydrogen (secondary N) is 4. The van der Waals surface area contributed by atoms with Gasteiger partial charge in [0.1, 0.15) is 6.17 Å². The fourth-order valence-corrected chi connectivity index (χ4v) is 2.31. The number of carbonyl (C=O) groups is 1. The highest BCUT2D eigenvalue weighted by Crippen LogP contribution is 2.18. The number of alkyl halides is 3. The maximum atomic E-state index is 12.1. The van der Waals surface area contributed by atoms with E-state index in [2.05, 4.69) is 36.2 Å². The molecule has 8 nitrogen and oxygen atoms in total. The van der Waals surface area contributed by atoms with Gasteiger partial charge in [0.15, 0.2) is 12.6 Å². The summed E-state index contributed by atoms with van der Waals surface area (Å²) in [6.45, 7) is -0.739. The van der Waals surface area contributed by atoms with Crippen LogP contribution in [0.2, 0.25) is 0 Å². The van der Waals surface area contributed by atoms with Crippen molar-refractivity contribution in [2.24, 2.45) is 10.9 Å². The number of ether oxygens (including phenoxy) is 1. The molecule has 24 heavy (non-hydrogen) atoms. The Hall–Kier alpha value is -2.40. The number of hydrogen-bond donors (Lipinski definition) is 4. The highest BCUT2D eigenvalue weighted by molar-refractivity contribution is 6.01. The second-order valence-electron chi connectivity index (χ2n) is 5.31. The molecule has 3 rings (SSSR count). The summed E-state index contributed by atoms with van der Waals surface area (Å²) in [5.41, 5.74) is 6.40. The van der Waals surface area contributed by atoms with Crippen LogP contribution in [0.15, 0.2) is 23.3 Å². The van der Waals surface area contributed by atoms with Gasteiger partial charge in [-0.2, -0.15) is 13.2 Å². The molecule has 1 aromatic heterocycles. The molecule has 1 amide bonds. The first kappa shape index (κ1) is 16.5. The zero-order valence-corrected chi connectivity index (χ0v) is 12.4. The lowest BCUT2D eigenvalue weighted by atomic mass is 10.1. The van der Waals surface area contributed by atoms with Crippen molar-refractivity contribution < 1.29 is 22.7 Å². The van der Waals surface area contributed by atoms with Crippen LogP contribution in [-0.4, -0.2) is 42.3 Å². The summed E-state index contributed by atoms with van der Waals surface area (Å²) in [7, 11) is 0. The second kappa shape index (κ2) is 6.61. The van der Waals surface area contributed by atoms with E-state index in [1.807, 2.05) is 0 Å². The largest absolute Gasteiger partial charge is 0.468 e. The summed E-state index contributed by atoms with van der Waals surface area (Å²) in [4.78, 5) is 19.8. The minimum absolute atomic E-state index is 0.132. The third kappa shape index (κ3) is 4.11. The zero-order chi connectivity index (χ0) is 17.2. The first-order valence-electron chi connectivity index (χ1n) is 7.15. The number of aliphatic imine (C=N–C) groups is 1. The fraction of sp³-hybridized carbons (Fsp3) is 0.462. The number of rotatable bonds is 4. The van der Waals surface area contributed by atoms with E-state index in [9.17, 15) is 18.0 Å². The fourth-order valence-electron chi connectivity index (χ4n) is 2.31. The van der Waals surface area contributed by atoms with E-state index >= 15 is 0 Å². The molecule has 11 heteroatoms. The van der Waals surface area contributed by atoms with Crippen molar-refractivity contribution >= 4 is 11.9 Å².